The third-order valence-electron chi connectivity index (χ3n) is 4.21. The van der Waals surface area contributed by atoms with E-state index in [4.69, 9.17) is 4.74 Å². The molecule has 2 aromatic carbocycles. The summed E-state index contributed by atoms with van der Waals surface area (Å²) in [5, 5.41) is 3.29. The Morgan fingerprint density at radius 2 is 2.00 bits per heavy atom. The second-order valence-electron chi connectivity index (χ2n) is 6.15. The highest BCUT2D eigenvalue weighted by Crippen LogP contribution is 2.28. The van der Waals surface area contributed by atoms with Gasteiger partial charge in [0.15, 0.2) is 5.82 Å². The van der Waals surface area contributed by atoms with Gasteiger partial charge in [0.2, 0.25) is 5.13 Å². The molecule has 1 unspecified atom stereocenters. The standard InChI is InChI=1S/C19H18N4O2S/c1-23(12-15-11-14-9-5-6-10-16(14)25-15)19(24)21-18-20-17(22-26-18)13-7-3-2-4-8-13/h2-10,15H,11-12H2,1H3,(H,20,21,22,24). The lowest BCUT2D eigenvalue weighted by Crippen LogP contribution is -2.38. The van der Waals surface area contributed by atoms with Crippen LogP contribution in [0.3, 0.4) is 0 Å². The molecule has 1 N–H and O–H groups in total. The van der Waals surface area contributed by atoms with Gasteiger partial charge in [0.25, 0.3) is 0 Å². The molecule has 4 rings (SSSR count). The van der Waals surface area contributed by atoms with E-state index in [2.05, 4.69) is 20.7 Å². The first-order chi connectivity index (χ1) is 12.7. The Labute approximate surface area is 155 Å². The van der Waals surface area contributed by atoms with Gasteiger partial charge < -0.3 is 9.64 Å². The number of urea groups is 1. The lowest BCUT2D eigenvalue weighted by Gasteiger charge is -2.20. The van der Waals surface area contributed by atoms with Gasteiger partial charge in [-0.1, -0.05) is 48.5 Å². The molecular formula is C19H18N4O2S. The fourth-order valence-electron chi connectivity index (χ4n) is 2.91. The van der Waals surface area contributed by atoms with Crippen LogP contribution < -0.4 is 10.1 Å². The molecule has 2 amide bonds. The van der Waals surface area contributed by atoms with Crippen LogP contribution in [0.25, 0.3) is 11.4 Å². The smallest absolute Gasteiger partial charge is 0.323 e. The van der Waals surface area contributed by atoms with Crippen molar-refractivity contribution in [1.82, 2.24) is 14.3 Å². The Morgan fingerprint density at radius 3 is 2.81 bits per heavy atom. The molecule has 1 aromatic heterocycles. The summed E-state index contributed by atoms with van der Waals surface area (Å²) in [5.74, 6) is 1.52. The largest absolute Gasteiger partial charge is 0.488 e. The fourth-order valence-corrected chi connectivity index (χ4v) is 3.49. The van der Waals surface area contributed by atoms with Gasteiger partial charge in [-0.2, -0.15) is 9.36 Å². The minimum atomic E-state index is -0.222. The Balaban J connectivity index is 1.34. The first-order valence-corrected chi connectivity index (χ1v) is 9.12. The molecule has 0 bridgehead atoms. The van der Waals surface area contributed by atoms with Crippen LogP contribution in [-0.2, 0) is 6.42 Å². The fraction of sp³-hybridized carbons (Fsp3) is 0.211. The number of carbonyl (C=O) groups excluding carboxylic acids is 1. The molecule has 0 radical (unpaired) electrons. The zero-order chi connectivity index (χ0) is 17.9. The van der Waals surface area contributed by atoms with Gasteiger partial charge >= 0.3 is 6.03 Å². The number of nitrogens with zero attached hydrogens (tertiary/aromatic N) is 3. The van der Waals surface area contributed by atoms with E-state index in [-0.39, 0.29) is 12.1 Å². The molecule has 0 spiro atoms. The lowest BCUT2D eigenvalue weighted by molar-refractivity contribution is 0.172. The molecule has 132 valence electrons. The number of nitrogens with one attached hydrogen (secondary N) is 1. The maximum absolute atomic E-state index is 12.4. The predicted molar refractivity (Wildman–Crippen MR) is 102 cm³/mol. The normalized spacial score (nSPS) is 15.2. The van der Waals surface area contributed by atoms with E-state index >= 15 is 0 Å². The number of ether oxygens (including phenoxy) is 1. The number of hydrogen-bond acceptors (Lipinski definition) is 5. The summed E-state index contributed by atoms with van der Waals surface area (Å²) in [6.07, 6.45) is 0.780. The number of likely N-dealkylation sites (N-methyl/N-ethyl adjacent to an activating group) is 1. The zero-order valence-electron chi connectivity index (χ0n) is 14.3. The first-order valence-electron chi connectivity index (χ1n) is 8.35. The van der Waals surface area contributed by atoms with E-state index in [0.717, 1.165) is 17.7 Å². The molecule has 0 saturated heterocycles. The lowest BCUT2D eigenvalue weighted by atomic mass is 10.1. The van der Waals surface area contributed by atoms with Crippen molar-refractivity contribution in [3.8, 4) is 17.1 Å². The van der Waals surface area contributed by atoms with Crippen molar-refractivity contribution in [3.63, 3.8) is 0 Å². The Hall–Kier alpha value is -2.93. The second-order valence-corrected chi connectivity index (χ2v) is 6.90. The number of hydrogen-bond donors (Lipinski definition) is 1. The molecule has 7 heteroatoms. The zero-order valence-corrected chi connectivity index (χ0v) is 15.1. The van der Waals surface area contributed by atoms with Crippen LogP contribution in [0, 0.1) is 0 Å². The van der Waals surface area contributed by atoms with Crippen molar-refractivity contribution >= 4 is 22.7 Å². The van der Waals surface area contributed by atoms with Crippen LogP contribution in [0.2, 0.25) is 0 Å². The number of amides is 2. The molecule has 0 saturated carbocycles. The summed E-state index contributed by atoms with van der Waals surface area (Å²) in [6, 6.07) is 17.4. The van der Waals surface area contributed by atoms with E-state index in [1.807, 2.05) is 48.5 Å². The molecule has 26 heavy (non-hydrogen) atoms. The monoisotopic (exact) mass is 366 g/mol. The summed E-state index contributed by atoms with van der Waals surface area (Å²) in [4.78, 5) is 18.4. The van der Waals surface area contributed by atoms with Crippen LogP contribution in [0.4, 0.5) is 9.93 Å². The van der Waals surface area contributed by atoms with Crippen LogP contribution in [-0.4, -0.2) is 40.0 Å². The Morgan fingerprint density at radius 1 is 1.23 bits per heavy atom. The summed E-state index contributed by atoms with van der Waals surface area (Å²) in [5.41, 5.74) is 2.11. The van der Waals surface area contributed by atoms with Gasteiger partial charge in [-0.05, 0) is 11.6 Å². The van der Waals surface area contributed by atoms with Gasteiger partial charge in [-0.25, -0.2) is 4.79 Å². The molecule has 6 nitrogen and oxygen atoms in total. The average molecular weight is 366 g/mol. The number of benzene rings is 2. The van der Waals surface area contributed by atoms with Gasteiger partial charge in [0, 0.05) is 30.6 Å². The van der Waals surface area contributed by atoms with Crippen LogP contribution in [0.15, 0.2) is 54.6 Å². The quantitative estimate of drug-likeness (QED) is 0.765. The minimum Gasteiger partial charge on any atom is -0.488 e. The predicted octanol–water partition coefficient (Wildman–Crippen LogP) is 3.67. The molecule has 3 aromatic rings. The third kappa shape index (κ3) is 3.52. The van der Waals surface area contributed by atoms with E-state index < -0.39 is 0 Å². The van der Waals surface area contributed by atoms with Crippen LogP contribution in [0.1, 0.15) is 5.56 Å². The number of anilines is 1. The molecule has 0 aliphatic carbocycles. The highest BCUT2D eigenvalue weighted by atomic mass is 32.1. The third-order valence-corrected chi connectivity index (χ3v) is 4.84. The number of carbonyl (C=O) groups is 1. The maximum Gasteiger partial charge on any atom is 0.323 e. The topological polar surface area (TPSA) is 67.3 Å². The number of para-hydroxylation sites is 1. The molecule has 0 fully saturated rings. The Kier molecular flexibility index (Phi) is 4.53. The van der Waals surface area contributed by atoms with Crippen molar-refractivity contribution in [2.24, 2.45) is 0 Å². The van der Waals surface area contributed by atoms with E-state index in [1.165, 1.54) is 17.1 Å². The average Bonchev–Trinajstić information content (AvgIpc) is 3.28. The highest BCUT2D eigenvalue weighted by Gasteiger charge is 2.25. The van der Waals surface area contributed by atoms with Gasteiger partial charge in [0.05, 0.1) is 6.54 Å². The Bertz CT molecular complexity index is 888. The minimum absolute atomic E-state index is 0.0301. The SMILES string of the molecule is CN(CC1Cc2ccccc2O1)C(=O)Nc1nc(-c2ccccc2)ns1. The van der Waals surface area contributed by atoms with E-state index in [1.54, 1.807) is 11.9 Å². The molecular weight excluding hydrogens is 348 g/mol. The number of rotatable bonds is 4. The van der Waals surface area contributed by atoms with Crippen LogP contribution >= 0.6 is 11.5 Å². The van der Waals surface area contributed by atoms with E-state index in [9.17, 15) is 4.79 Å². The van der Waals surface area contributed by atoms with Crippen LogP contribution in [0.5, 0.6) is 5.75 Å². The summed E-state index contributed by atoms with van der Waals surface area (Å²) >= 11 is 1.17. The maximum atomic E-state index is 12.4. The van der Waals surface area contributed by atoms with Gasteiger partial charge in [-0.3, -0.25) is 5.32 Å². The molecule has 1 aliphatic heterocycles. The number of fused-ring (bicyclic) bond motifs is 1. The second kappa shape index (κ2) is 7.13. The molecule has 2 heterocycles. The van der Waals surface area contributed by atoms with Gasteiger partial charge in [0.1, 0.15) is 11.9 Å². The van der Waals surface area contributed by atoms with Crippen molar-refractivity contribution in [2.45, 2.75) is 12.5 Å². The van der Waals surface area contributed by atoms with Crippen molar-refractivity contribution in [3.05, 3.63) is 60.2 Å². The van der Waals surface area contributed by atoms with Gasteiger partial charge in [-0.15, -0.1) is 0 Å². The van der Waals surface area contributed by atoms with Crippen molar-refractivity contribution in [2.75, 3.05) is 18.9 Å². The van der Waals surface area contributed by atoms with Crippen molar-refractivity contribution in [1.29, 1.82) is 0 Å². The number of aromatic nitrogens is 2. The molecule has 1 atom stereocenters. The van der Waals surface area contributed by atoms with E-state index in [0.29, 0.717) is 17.5 Å². The highest BCUT2D eigenvalue weighted by molar-refractivity contribution is 7.10. The van der Waals surface area contributed by atoms with Crippen molar-refractivity contribution < 1.29 is 9.53 Å². The first kappa shape index (κ1) is 16.5. The molecule has 1 aliphatic rings. The summed E-state index contributed by atoms with van der Waals surface area (Å²) in [6.45, 7) is 0.505. The summed E-state index contributed by atoms with van der Waals surface area (Å²) < 4.78 is 10.2. The summed E-state index contributed by atoms with van der Waals surface area (Å²) in [7, 11) is 1.75.